The Bertz CT molecular complexity index is 360. The van der Waals surface area contributed by atoms with Gasteiger partial charge in [-0.1, -0.05) is 90.9 Å². The van der Waals surface area contributed by atoms with Crippen LogP contribution in [0.1, 0.15) is 104 Å². The number of unbranched alkanes of at least 4 members (excludes halogenated alkanes) is 10. The molecular formula is C18H37NaO4S. The van der Waals surface area contributed by atoms with E-state index in [-0.39, 0.29) is 29.6 Å². The molecule has 140 valence electrons. The van der Waals surface area contributed by atoms with Gasteiger partial charge >= 0.3 is 29.6 Å². The summed E-state index contributed by atoms with van der Waals surface area (Å²) in [5.41, 5.74) is 0. The standard InChI is InChI=1S/C18H38O4S.Na/c1-3-5-7-8-9-10-11-12-13-14-16-18(23(20,21)22)17(19)15-6-4-2;/h17-19H,3-16H2,1-2H3,(H,20,21,22);/q;+1/p-1. The van der Waals surface area contributed by atoms with E-state index in [1.54, 1.807) is 0 Å². The molecule has 0 aromatic heterocycles. The minimum absolute atomic E-state index is 0. The van der Waals surface area contributed by atoms with Crippen LogP contribution in [-0.2, 0) is 10.1 Å². The van der Waals surface area contributed by atoms with Gasteiger partial charge in [-0.25, -0.2) is 8.42 Å². The van der Waals surface area contributed by atoms with Gasteiger partial charge in [0.25, 0.3) is 0 Å². The number of rotatable bonds is 16. The topological polar surface area (TPSA) is 77.4 Å². The Hall–Kier alpha value is 0.870. The first-order valence-electron chi connectivity index (χ1n) is 9.56. The molecule has 0 aliphatic rings. The molecule has 2 unspecified atom stereocenters. The Kier molecular flexibility index (Phi) is 19.5. The molecule has 0 saturated carbocycles. The zero-order chi connectivity index (χ0) is 17.6. The molecule has 0 radical (unpaired) electrons. The number of hydrogen-bond acceptors (Lipinski definition) is 4. The Morgan fingerprint density at radius 3 is 1.58 bits per heavy atom. The SMILES string of the molecule is CCCCCCCCCCCCC(C(O)CCCC)S(=O)(=O)[O-].[Na+]. The minimum Gasteiger partial charge on any atom is -0.748 e. The average Bonchev–Trinajstić information content (AvgIpc) is 2.49. The van der Waals surface area contributed by atoms with Crippen molar-refractivity contribution >= 4 is 10.1 Å². The zero-order valence-corrected chi connectivity index (χ0v) is 19.0. The molecule has 0 bridgehead atoms. The van der Waals surface area contributed by atoms with E-state index in [0.717, 1.165) is 25.7 Å². The van der Waals surface area contributed by atoms with Crippen molar-refractivity contribution in [1.82, 2.24) is 0 Å². The number of hydrogen-bond donors (Lipinski definition) is 1. The van der Waals surface area contributed by atoms with Crippen molar-refractivity contribution in [2.75, 3.05) is 0 Å². The Labute approximate surface area is 172 Å². The molecule has 0 aromatic carbocycles. The Balaban J connectivity index is 0. The van der Waals surface area contributed by atoms with Crippen LogP contribution in [0.5, 0.6) is 0 Å². The molecule has 0 aliphatic heterocycles. The molecule has 24 heavy (non-hydrogen) atoms. The maximum Gasteiger partial charge on any atom is 1.00 e. The molecule has 0 amide bonds. The molecule has 0 aromatic rings. The van der Waals surface area contributed by atoms with E-state index in [1.807, 2.05) is 6.92 Å². The van der Waals surface area contributed by atoms with Crippen LogP contribution in [0, 0.1) is 0 Å². The molecule has 6 heteroatoms. The van der Waals surface area contributed by atoms with E-state index in [9.17, 15) is 18.1 Å². The predicted molar refractivity (Wildman–Crippen MR) is 95.5 cm³/mol. The van der Waals surface area contributed by atoms with Gasteiger partial charge in [-0.05, 0) is 12.8 Å². The van der Waals surface area contributed by atoms with E-state index in [0.29, 0.717) is 19.3 Å². The molecule has 1 N–H and O–H groups in total. The first-order chi connectivity index (χ1) is 10.9. The second kappa shape index (κ2) is 17.3. The third-order valence-corrected chi connectivity index (χ3v) is 5.79. The van der Waals surface area contributed by atoms with Crippen LogP contribution in [0.4, 0.5) is 0 Å². The molecule has 0 aliphatic carbocycles. The summed E-state index contributed by atoms with van der Waals surface area (Å²) in [5.74, 6) is 0. The van der Waals surface area contributed by atoms with Crippen molar-refractivity contribution in [2.24, 2.45) is 0 Å². The first kappa shape index (κ1) is 27.1. The largest absolute Gasteiger partial charge is 1.00 e. The van der Waals surface area contributed by atoms with Crippen LogP contribution in [-0.4, -0.2) is 29.4 Å². The van der Waals surface area contributed by atoms with Crippen LogP contribution < -0.4 is 29.6 Å². The minimum atomic E-state index is -4.40. The summed E-state index contributed by atoms with van der Waals surface area (Å²) < 4.78 is 33.9. The van der Waals surface area contributed by atoms with Gasteiger partial charge in [0.15, 0.2) is 0 Å². The number of aliphatic hydroxyl groups is 1. The summed E-state index contributed by atoms with van der Waals surface area (Å²) in [6, 6.07) is 0. The fraction of sp³-hybridized carbons (Fsp3) is 1.00. The molecular weight excluding hydrogens is 335 g/mol. The van der Waals surface area contributed by atoms with Gasteiger partial charge in [-0.3, -0.25) is 0 Å². The number of aliphatic hydroxyl groups excluding tert-OH is 1. The quantitative estimate of drug-likeness (QED) is 0.254. The molecule has 0 spiro atoms. The van der Waals surface area contributed by atoms with Crippen molar-refractivity contribution < 1.29 is 47.6 Å². The predicted octanol–water partition coefficient (Wildman–Crippen LogP) is 1.77. The van der Waals surface area contributed by atoms with Gasteiger partial charge in [0.2, 0.25) is 0 Å². The Morgan fingerprint density at radius 2 is 1.17 bits per heavy atom. The van der Waals surface area contributed by atoms with E-state index >= 15 is 0 Å². The van der Waals surface area contributed by atoms with Crippen molar-refractivity contribution in [3.8, 4) is 0 Å². The van der Waals surface area contributed by atoms with Gasteiger partial charge < -0.3 is 9.66 Å². The summed E-state index contributed by atoms with van der Waals surface area (Å²) in [6.45, 7) is 4.20. The van der Waals surface area contributed by atoms with Gasteiger partial charge in [0.05, 0.1) is 11.4 Å². The third kappa shape index (κ3) is 15.2. The summed E-state index contributed by atoms with van der Waals surface area (Å²) in [5, 5.41) is 8.82. The van der Waals surface area contributed by atoms with E-state index < -0.39 is 21.5 Å². The van der Waals surface area contributed by atoms with E-state index in [4.69, 9.17) is 0 Å². The van der Waals surface area contributed by atoms with Crippen LogP contribution in [0.3, 0.4) is 0 Å². The fourth-order valence-corrected chi connectivity index (χ4v) is 3.94. The smallest absolute Gasteiger partial charge is 0.748 e. The average molecular weight is 373 g/mol. The van der Waals surface area contributed by atoms with Crippen molar-refractivity contribution in [3.05, 3.63) is 0 Å². The maximum absolute atomic E-state index is 11.3. The second-order valence-electron chi connectivity index (χ2n) is 6.71. The first-order valence-corrected chi connectivity index (χ1v) is 11.0. The van der Waals surface area contributed by atoms with Gasteiger partial charge in [-0.15, -0.1) is 0 Å². The molecule has 0 rings (SSSR count). The normalized spacial score (nSPS) is 14.2. The molecule has 0 fully saturated rings. The Morgan fingerprint density at radius 1 is 0.750 bits per heavy atom. The van der Waals surface area contributed by atoms with Gasteiger partial charge in [0, 0.05) is 0 Å². The third-order valence-electron chi connectivity index (χ3n) is 4.50. The van der Waals surface area contributed by atoms with Gasteiger partial charge in [0.1, 0.15) is 10.1 Å². The fourth-order valence-electron chi connectivity index (χ4n) is 2.96. The van der Waals surface area contributed by atoms with Crippen LogP contribution in [0.2, 0.25) is 0 Å². The van der Waals surface area contributed by atoms with Crippen LogP contribution >= 0.6 is 0 Å². The van der Waals surface area contributed by atoms with Crippen molar-refractivity contribution in [1.29, 1.82) is 0 Å². The maximum atomic E-state index is 11.3. The van der Waals surface area contributed by atoms with Crippen molar-refractivity contribution in [2.45, 2.75) is 115 Å². The van der Waals surface area contributed by atoms with Gasteiger partial charge in [-0.2, -0.15) is 0 Å². The summed E-state index contributed by atoms with van der Waals surface area (Å²) in [4.78, 5) is 0. The molecule has 2 atom stereocenters. The van der Waals surface area contributed by atoms with Crippen LogP contribution in [0.15, 0.2) is 0 Å². The second-order valence-corrected chi connectivity index (χ2v) is 8.30. The molecule has 0 heterocycles. The molecule has 4 nitrogen and oxygen atoms in total. The van der Waals surface area contributed by atoms with E-state index in [2.05, 4.69) is 6.92 Å². The monoisotopic (exact) mass is 372 g/mol. The zero-order valence-electron chi connectivity index (χ0n) is 16.1. The van der Waals surface area contributed by atoms with Crippen molar-refractivity contribution in [3.63, 3.8) is 0 Å². The summed E-state index contributed by atoms with van der Waals surface area (Å²) >= 11 is 0. The van der Waals surface area contributed by atoms with Crippen LogP contribution in [0.25, 0.3) is 0 Å². The van der Waals surface area contributed by atoms with E-state index in [1.165, 1.54) is 44.9 Å². The summed E-state index contributed by atoms with van der Waals surface area (Å²) in [6.07, 6.45) is 13.0. The molecule has 0 saturated heterocycles. The summed E-state index contributed by atoms with van der Waals surface area (Å²) in [7, 11) is -4.40.